The minimum atomic E-state index is 0.178. The molecule has 86 valence electrons. The van der Waals surface area contributed by atoms with Gasteiger partial charge in [0.05, 0.1) is 6.21 Å². The van der Waals surface area contributed by atoms with Gasteiger partial charge in [-0.2, -0.15) is 5.10 Å². The molecular formula is C12H10ClN3O. The first-order valence-electron chi connectivity index (χ1n) is 4.95. The summed E-state index contributed by atoms with van der Waals surface area (Å²) in [6, 6.07) is 12.1. The van der Waals surface area contributed by atoms with E-state index >= 15 is 0 Å². The van der Waals surface area contributed by atoms with Crippen LogP contribution in [0.25, 0.3) is 0 Å². The van der Waals surface area contributed by atoms with E-state index in [0.717, 1.165) is 0 Å². The number of phenols is 1. The van der Waals surface area contributed by atoms with Crippen molar-refractivity contribution in [2.45, 2.75) is 0 Å². The first-order chi connectivity index (χ1) is 8.25. The number of aromatic nitrogens is 1. The number of nitrogens with zero attached hydrogens (tertiary/aromatic N) is 2. The predicted octanol–water partition coefficient (Wildman–Crippen LogP) is 2.89. The molecule has 0 radical (unpaired) electrons. The van der Waals surface area contributed by atoms with Gasteiger partial charge in [-0.25, -0.2) is 4.98 Å². The number of hydrazone groups is 1. The summed E-state index contributed by atoms with van der Waals surface area (Å²) in [6.45, 7) is 0. The Balaban J connectivity index is 2.06. The Morgan fingerprint density at radius 1 is 1.18 bits per heavy atom. The van der Waals surface area contributed by atoms with E-state index in [1.807, 2.05) is 6.07 Å². The number of halogens is 1. The van der Waals surface area contributed by atoms with E-state index in [2.05, 4.69) is 15.5 Å². The molecule has 0 aliphatic rings. The number of pyridine rings is 1. The molecule has 2 N–H and O–H groups in total. The molecule has 0 amide bonds. The lowest BCUT2D eigenvalue weighted by atomic mass is 10.2. The van der Waals surface area contributed by atoms with Crippen molar-refractivity contribution in [3.8, 4) is 5.75 Å². The van der Waals surface area contributed by atoms with Crippen LogP contribution in [0.15, 0.2) is 47.6 Å². The van der Waals surface area contributed by atoms with E-state index in [0.29, 0.717) is 16.5 Å². The maximum atomic E-state index is 9.50. The standard InChI is InChI=1S/C12H10ClN3O/c13-11-6-3-7-12(15-11)16-14-8-9-4-1-2-5-10(9)17/h1-8,17H,(H,15,16)/b14-8+. The SMILES string of the molecule is Oc1ccccc1/C=N/Nc1cccc(Cl)n1. The minimum absolute atomic E-state index is 0.178. The second kappa shape index (κ2) is 5.32. The maximum absolute atomic E-state index is 9.50. The van der Waals surface area contributed by atoms with Gasteiger partial charge < -0.3 is 5.11 Å². The average Bonchev–Trinajstić information content (AvgIpc) is 2.32. The molecule has 0 saturated carbocycles. The Kier molecular flexibility index (Phi) is 3.57. The highest BCUT2D eigenvalue weighted by molar-refractivity contribution is 6.29. The number of rotatable bonds is 3. The summed E-state index contributed by atoms with van der Waals surface area (Å²) < 4.78 is 0. The fraction of sp³-hybridized carbons (Fsp3) is 0. The van der Waals surface area contributed by atoms with Crippen molar-refractivity contribution in [2.24, 2.45) is 5.10 Å². The highest BCUT2D eigenvalue weighted by Gasteiger charge is 1.95. The molecule has 4 nitrogen and oxygen atoms in total. The third kappa shape index (κ3) is 3.19. The van der Waals surface area contributed by atoms with Gasteiger partial charge in [0.1, 0.15) is 16.7 Å². The zero-order valence-electron chi connectivity index (χ0n) is 8.84. The highest BCUT2D eigenvalue weighted by Crippen LogP contribution is 2.13. The van der Waals surface area contributed by atoms with Crippen LogP contribution in [0.4, 0.5) is 5.82 Å². The summed E-state index contributed by atoms with van der Waals surface area (Å²) in [5, 5.41) is 13.8. The fourth-order valence-corrected chi connectivity index (χ4v) is 1.40. The van der Waals surface area contributed by atoms with Gasteiger partial charge in [-0.1, -0.05) is 29.8 Å². The molecule has 2 rings (SSSR count). The minimum Gasteiger partial charge on any atom is -0.507 e. The molecule has 0 unspecified atom stereocenters. The van der Waals surface area contributed by atoms with Crippen LogP contribution >= 0.6 is 11.6 Å². The van der Waals surface area contributed by atoms with Crippen LogP contribution in [0.5, 0.6) is 5.75 Å². The highest BCUT2D eigenvalue weighted by atomic mass is 35.5. The van der Waals surface area contributed by atoms with Crippen LogP contribution in [-0.4, -0.2) is 16.3 Å². The molecule has 5 heteroatoms. The third-order valence-electron chi connectivity index (χ3n) is 2.03. The van der Waals surface area contributed by atoms with Crippen molar-refractivity contribution in [3.63, 3.8) is 0 Å². The number of benzene rings is 1. The van der Waals surface area contributed by atoms with Crippen molar-refractivity contribution in [2.75, 3.05) is 5.43 Å². The maximum Gasteiger partial charge on any atom is 0.147 e. The van der Waals surface area contributed by atoms with E-state index in [9.17, 15) is 5.11 Å². The van der Waals surface area contributed by atoms with E-state index in [-0.39, 0.29) is 5.75 Å². The topological polar surface area (TPSA) is 57.5 Å². The summed E-state index contributed by atoms with van der Waals surface area (Å²) in [5.74, 6) is 0.723. The van der Waals surface area contributed by atoms with Gasteiger partial charge in [0.25, 0.3) is 0 Å². The zero-order chi connectivity index (χ0) is 12.1. The molecule has 1 heterocycles. The van der Waals surface area contributed by atoms with Gasteiger partial charge in [0.2, 0.25) is 0 Å². The summed E-state index contributed by atoms with van der Waals surface area (Å²) in [5.41, 5.74) is 3.35. The zero-order valence-corrected chi connectivity index (χ0v) is 9.59. The van der Waals surface area contributed by atoms with Crippen molar-refractivity contribution < 1.29 is 5.11 Å². The Hall–Kier alpha value is -2.07. The second-order valence-corrected chi connectivity index (χ2v) is 3.66. The van der Waals surface area contributed by atoms with Crippen LogP contribution in [0.3, 0.4) is 0 Å². The number of anilines is 1. The summed E-state index contributed by atoms with van der Waals surface area (Å²) >= 11 is 5.72. The quantitative estimate of drug-likeness (QED) is 0.498. The fourth-order valence-electron chi connectivity index (χ4n) is 1.24. The molecule has 2 aromatic rings. The Morgan fingerprint density at radius 3 is 2.76 bits per heavy atom. The molecule has 1 aromatic heterocycles. The Labute approximate surface area is 104 Å². The van der Waals surface area contributed by atoms with Crippen LogP contribution in [-0.2, 0) is 0 Å². The molecular weight excluding hydrogens is 238 g/mol. The molecule has 0 saturated heterocycles. The van der Waals surface area contributed by atoms with Gasteiger partial charge in [-0.3, -0.25) is 5.43 Å². The molecule has 0 spiro atoms. The van der Waals surface area contributed by atoms with Crippen molar-refractivity contribution in [1.29, 1.82) is 0 Å². The van der Waals surface area contributed by atoms with Crippen LogP contribution in [0.2, 0.25) is 5.15 Å². The number of para-hydroxylation sites is 1. The first-order valence-corrected chi connectivity index (χ1v) is 5.33. The molecule has 0 aliphatic heterocycles. The van der Waals surface area contributed by atoms with Crippen LogP contribution < -0.4 is 5.43 Å². The summed E-state index contributed by atoms with van der Waals surface area (Å²) in [7, 11) is 0. The smallest absolute Gasteiger partial charge is 0.147 e. The van der Waals surface area contributed by atoms with Gasteiger partial charge >= 0.3 is 0 Å². The predicted molar refractivity (Wildman–Crippen MR) is 68.6 cm³/mol. The van der Waals surface area contributed by atoms with Crippen LogP contribution in [0, 0.1) is 0 Å². The number of hydrogen-bond donors (Lipinski definition) is 2. The number of nitrogens with one attached hydrogen (secondary N) is 1. The lowest BCUT2D eigenvalue weighted by molar-refractivity contribution is 0.474. The molecule has 0 fully saturated rings. The van der Waals surface area contributed by atoms with Gasteiger partial charge in [-0.15, -0.1) is 0 Å². The van der Waals surface area contributed by atoms with Crippen LogP contribution in [0.1, 0.15) is 5.56 Å². The van der Waals surface area contributed by atoms with E-state index in [4.69, 9.17) is 11.6 Å². The number of phenolic OH excluding ortho intramolecular Hbond substituents is 1. The lowest BCUT2D eigenvalue weighted by Crippen LogP contribution is -1.93. The Morgan fingerprint density at radius 2 is 2.00 bits per heavy atom. The molecule has 0 aliphatic carbocycles. The summed E-state index contributed by atoms with van der Waals surface area (Å²) in [4.78, 5) is 4.00. The third-order valence-corrected chi connectivity index (χ3v) is 2.25. The molecule has 1 aromatic carbocycles. The van der Waals surface area contributed by atoms with Crippen molar-refractivity contribution >= 4 is 23.6 Å². The van der Waals surface area contributed by atoms with E-state index in [1.54, 1.807) is 36.4 Å². The van der Waals surface area contributed by atoms with Gasteiger partial charge in [-0.05, 0) is 24.3 Å². The summed E-state index contributed by atoms with van der Waals surface area (Å²) in [6.07, 6.45) is 1.51. The Bertz CT molecular complexity index is 543. The molecule has 0 atom stereocenters. The average molecular weight is 248 g/mol. The van der Waals surface area contributed by atoms with E-state index in [1.165, 1.54) is 6.21 Å². The van der Waals surface area contributed by atoms with Crippen molar-refractivity contribution in [1.82, 2.24) is 4.98 Å². The van der Waals surface area contributed by atoms with Gasteiger partial charge in [0.15, 0.2) is 0 Å². The first kappa shape index (κ1) is 11.4. The lowest BCUT2D eigenvalue weighted by Gasteiger charge is -1.99. The molecule has 17 heavy (non-hydrogen) atoms. The number of aromatic hydroxyl groups is 1. The largest absolute Gasteiger partial charge is 0.507 e. The van der Waals surface area contributed by atoms with Gasteiger partial charge in [0, 0.05) is 5.56 Å². The van der Waals surface area contributed by atoms with Crippen molar-refractivity contribution in [3.05, 3.63) is 53.2 Å². The van der Waals surface area contributed by atoms with E-state index < -0.39 is 0 Å². The number of hydrogen-bond acceptors (Lipinski definition) is 4. The molecule has 0 bridgehead atoms. The normalized spacial score (nSPS) is 10.6. The second-order valence-electron chi connectivity index (χ2n) is 3.27. The monoisotopic (exact) mass is 247 g/mol.